The van der Waals surface area contributed by atoms with E-state index in [1.165, 1.54) is 6.07 Å². The molecular formula is C13H7BrClF3O2S. The second kappa shape index (κ2) is 5.98. The van der Waals surface area contributed by atoms with Gasteiger partial charge in [-0.25, -0.2) is 21.6 Å². The molecule has 2 aromatic rings. The first-order valence-corrected chi connectivity index (χ1v) is 8.35. The van der Waals surface area contributed by atoms with E-state index in [9.17, 15) is 21.6 Å². The fourth-order valence-electron chi connectivity index (χ4n) is 1.77. The van der Waals surface area contributed by atoms with E-state index >= 15 is 0 Å². The van der Waals surface area contributed by atoms with Crippen molar-refractivity contribution in [2.45, 2.75) is 10.6 Å². The molecule has 8 heteroatoms. The van der Waals surface area contributed by atoms with Crippen LogP contribution in [0.2, 0.25) is 5.02 Å². The Morgan fingerprint density at radius 3 is 2.24 bits per heavy atom. The zero-order chi connectivity index (χ0) is 15.8. The van der Waals surface area contributed by atoms with E-state index in [2.05, 4.69) is 15.9 Å². The Morgan fingerprint density at radius 2 is 1.67 bits per heavy atom. The van der Waals surface area contributed by atoms with Crippen molar-refractivity contribution in [1.29, 1.82) is 0 Å². The minimum absolute atomic E-state index is 0.0331. The highest BCUT2D eigenvalue weighted by Crippen LogP contribution is 2.28. The molecule has 0 atom stereocenters. The second-order valence-electron chi connectivity index (χ2n) is 4.17. The highest BCUT2D eigenvalue weighted by Gasteiger charge is 2.26. The van der Waals surface area contributed by atoms with Crippen molar-refractivity contribution in [1.82, 2.24) is 0 Å². The van der Waals surface area contributed by atoms with E-state index in [4.69, 9.17) is 11.6 Å². The third-order valence-corrected chi connectivity index (χ3v) is 5.14. The Balaban J connectivity index is 2.53. The van der Waals surface area contributed by atoms with Crippen molar-refractivity contribution in [2.24, 2.45) is 0 Å². The Hall–Kier alpha value is -1.05. The van der Waals surface area contributed by atoms with Gasteiger partial charge in [0, 0.05) is 10.6 Å². The fraction of sp³-hybridized carbons (Fsp3) is 0.0769. The topological polar surface area (TPSA) is 34.1 Å². The standard InChI is InChI=1S/C13H7BrClF3O2S/c14-9-5-8(15)4-7(12(9)18)6-21(19,20)13-10(16)2-1-3-11(13)17/h1-5H,6H2. The molecule has 0 radical (unpaired) electrons. The summed E-state index contributed by atoms with van der Waals surface area (Å²) in [6.45, 7) is 0. The molecule has 0 unspecified atom stereocenters. The van der Waals surface area contributed by atoms with Crippen LogP contribution in [0.25, 0.3) is 0 Å². The maximum absolute atomic E-state index is 13.9. The summed E-state index contributed by atoms with van der Waals surface area (Å²) in [5.41, 5.74) is -0.281. The van der Waals surface area contributed by atoms with Crippen LogP contribution in [0, 0.1) is 17.5 Å². The molecule has 0 spiro atoms. The molecule has 2 rings (SSSR count). The number of rotatable bonds is 3. The van der Waals surface area contributed by atoms with Crippen LogP contribution in [0.3, 0.4) is 0 Å². The average molecular weight is 400 g/mol. The molecular weight excluding hydrogens is 393 g/mol. The third-order valence-electron chi connectivity index (χ3n) is 2.64. The van der Waals surface area contributed by atoms with E-state index in [1.807, 2.05) is 0 Å². The molecule has 0 heterocycles. The van der Waals surface area contributed by atoms with Crippen molar-refractivity contribution in [2.75, 3.05) is 0 Å². The van der Waals surface area contributed by atoms with Gasteiger partial charge >= 0.3 is 0 Å². The summed E-state index contributed by atoms with van der Waals surface area (Å²) in [6, 6.07) is 5.02. The molecule has 0 saturated carbocycles. The molecule has 0 N–H and O–H groups in total. The molecule has 0 aliphatic heterocycles. The third kappa shape index (κ3) is 3.41. The minimum atomic E-state index is -4.40. The summed E-state index contributed by atoms with van der Waals surface area (Å²) >= 11 is 8.61. The molecule has 0 amide bonds. The van der Waals surface area contributed by atoms with Crippen LogP contribution in [-0.4, -0.2) is 8.42 Å². The summed E-state index contributed by atoms with van der Waals surface area (Å²) in [4.78, 5) is -1.08. The molecule has 112 valence electrons. The van der Waals surface area contributed by atoms with E-state index in [0.717, 1.165) is 24.3 Å². The van der Waals surface area contributed by atoms with Gasteiger partial charge in [0.15, 0.2) is 9.84 Å². The first-order chi connectivity index (χ1) is 9.72. The van der Waals surface area contributed by atoms with E-state index in [1.54, 1.807) is 0 Å². The van der Waals surface area contributed by atoms with Crippen LogP contribution < -0.4 is 0 Å². The van der Waals surface area contributed by atoms with Gasteiger partial charge in [-0.1, -0.05) is 17.7 Å². The van der Waals surface area contributed by atoms with Crippen molar-refractivity contribution < 1.29 is 21.6 Å². The van der Waals surface area contributed by atoms with Gasteiger partial charge in [0.05, 0.1) is 10.2 Å². The summed E-state index contributed by atoms with van der Waals surface area (Å²) in [7, 11) is -4.40. The zero-order valence-electron chi connectivity index (χ0n) is 10.2. The van der Waals surface area contributed by atoms with Crippen molar-refractivity contribution in [3.63, 3.8) is 0 Å². The lowest BCUT2D eigenvalue weighted by Gasteiger charge is -2.09. The molecule has 0 aliphatic carbocycles. The van der Waals surface area contributed by atoms with Crippen LogP contribution in [-0.2, 0) is 15.6 Å². The van der Waals surface area contributed by atoms with E-state index < -0.39 is 37.9 Å². The summed E-state index contributed by atoms with van der Waals surface area (Å²) in [6.07, 6.45) is 0. The normalized spacial score (nSPS) is 11.7. The molecule has 0 fully saturated rings. The van der Waals surface area contributed by atoms with Gasteiger partial charge in [0.25, 0.3) is 0 Å². The SMILES string of the molecule is O=S(=O)(Cc1cc(Cl)cc(Br)c1F)c1c(F)cccc1F. The lowest BCUT2D eigenvalue weighted by atomic mass is 10.2. The van der Waals surface area contributed by atoms with E-state index in [-0.39, 0.29) is 15.1 Å². The number of benzene rings is 2. The first kappa shape index (κ1) is 16.3. The molecule has 2 nitrogen and oxygen atoms in total. The van der Waals surface area contributed by atoms with Gasteiger partial charge in [0.2, 0.25) is 0 Å². The number of sulfone groups is 1. The second-order valence-corrected chi connectivity index (χ2v) is 7.39. The minimum Gasteiger partial charge on any atom is -0.223 e. The predicted molar refractivity (Wildman–Crippen MR) is 76.4 cm³/mol. The van der Waals surface area contributed by atoms with E-state index in [0.29, 0.717) is 0 Å². The Kier molecular flexibility index (Phi) is 4.65. The van der Waals surface area contributed by atoms with Crippen LogP contribution in [0.15, 0.2) is 39.7 Å². The quantitative estimate of drug-likeness (QED) is 0.713. The van der Waals surface area contributed by atoms with Crippen molar-refractivity contribution >= 4 is 37.4 Å². The van der Waals surface area contributed by atoms with Crippen LogP contribution in [0.4, 0.5) is 13.2 Å². The lowest BCUT2D eigenvalue weighted by Crippen LogP contribution is -2.11. The maximum atomic E-state index is 13.9. The highest BCUT2D eigenvalue weighted by atomic mass is 79.9. The van der Waals surface area contributed by atoms with Gasteiger partial charge in [-0.3, -0.25) is 0 Å². The van der Waals surface area contributed by atoms with Gasteiger partial charge in [0.1, 0.15) is 22.3 Å². The lowest BCUT2D eigenvalue weighted by molar-refractivity contribution is 0.518. The predicted octanol–water partition coefficient (Wildman–Crippen LogP) is 4.49. The average Bonchev–Trinajstić information content (AvgIpc) is 2.34. The van der Waals surface area contributed by atoms with Crippen molar-refractivity contribution in [3.8, 4) is 0 Å². The number of halogens is 5. The van der Waals surface area contributed by atoms with Crippen molar-refractivity contribution in [3.05, 3.63) is 62.8 Å². The van der Waals surface area contributed by atoms with Crippen LogP contribution in [0.1, 0.15) is 5.56 Å². The Morgan fingerprint density at radius 1 is 1.10 bits per heavy atom. The van der Waals surface area contributed by atoms with Gasteiger partial charge < -0.3 is 0 Å². The molecule has 2 aromatic carbocycles. The summed E-state index contributed by atoms with van der Waals surface area (Å²) < 4.78 is 65.2. The summed E-state index contributed by atoms with van der Waals surface area (Å²) in [5.74, 6) is -4.21. The fourth-order valence-corrected chi connectivity index (χ4v) is 4.14. The molecule has 0 aromatic heterocycles. The smallest absolute Gasteiger partial charge is 0.188 e. The molecule has 21 heavy (non-hydrogen) atoms. The largest absolute Gasteiger partial charge is 0.223 e. The Bertz CT molecular complexity index is 789. The van der Waals surface area contributed by atoms with Crippen LogP contribution in [0.5, 0.6) is 0 Å². The molecule has 0 aliphatic rings. The number of hydrogen-bond acceptors (Lipinski definition) is 2. The van der Waals surface area contributed by atoms with Gasteiger partial charge in [-0.05, 0) is 40.2 Å². The monoisotopic (exact) mass is 398 g/mol. The zero-order valence-corrected chi connectivity index (χ0v) is 13.4. The van der Waals surface area contributed by atoms with Gasteiger partial charge in [-0.15, -0.1) is 0 Å². The number of hydrogen-bond donors (Lipinski definition) is 0. The Labute approximate surface area is 132 Å². The summed E-state index contributed by atoms with van der Waals surface area (Å²) in [5, 5.41) is 0.0995. The molecule has 0 saturated heterocycles. The maximum Gasteiger partial charge on any atom is 0.188 e. The first-order valence-electron chi connectivity index (χ1n) is 5.52. The highest BCUT2D eigenvalue weighted by molar-refractivity contribution is 9.10. The molecule has 0 bridgehead atoms. The van der Waals surface area contributed by atoms with Gasteiger partial charge in [-0.2, -0.15) is 0 Å². The van der Waals surface area contributed by atoms with Crippen LogP contribution >= 0.6 is 27.5 Å².